The van der Waals surface area contributed by atoms with Crippen LogP contribution in [0.15, 0.2) is 29.4 Å². The standard InChI is InChI=1S/C20H25Cl2N7/c1-28(2)18-8-13(12-24-27-18)11-23-19-20(4-6-29(3)7-5-20)26-17-10-15(22)14(21)9-16(17)25-19/h8-10,12,26H,4-7,11H2,1-3H3,(H,23,25). The van der Waals surface area contributed by atoms with Crippen molar-refractivity contribution in [2.75, 3.05) is 49.8 Å². The van der Waals surface area contributed by atoms with E-state index in [2.05, 4.69) is 32.8 Å². The van der Waals surface area contributed by atoms with Crippen molar-refractivity contribution in [3.8, 4) is 0 Å². The summed E-state index contributed by atoms with van der Waals surface area (Å²) in [5, 5.41) is 16.6. The summed E-state index contributed by atoms with van der Waals surface area (Å²) in [5.74, 6) is 1.75. The maximum absolute atomic E-state index is 6.26. The Balaban J connectivity index is 1.67. The predicted molar refractivity (Wildman–Crippen MR) is 121 cm³/mol. The second-order valence-electron chi connectivity index (χ2n) is 7.93. The van der Waals surface area contributed by atoms with Crippen molar-refractivity contribution in [1.82, 2.24) is 15.1 Å². The lowest BCUT2D eigenvalue weighted by molar-refractivity contribution is 0.240. The number of fused-ring (bicyclic) bond motifs is 1. The number of likely N-dealkylation sites (tertiary alicyclic amines) is 1. The summed E-state index contributed by atoms with van der Waals surface area (Å²) in [5.41, 5.74) is 2.62. The molecule has 0 bridgehead atoms. The molecule has 1 aromatic heterocycles. The molecular weight excluding hydrogens is 409 g/mol. The number of nitrogens with one attached hydrogen (secondary N) is 2. The Hall–Kier alpha value is -2.09. The summed E-state index contributed by atoms with van der Waals surface area (Å²) in [7, 11) is 6.05. The van der Waals surface area contributed by atoms with E-state index in [4.69, 9.17) is 28.2 Å². The van der Waals surface area contributed by atoms with Crippen LogP contribution in [0, 0.1) is 0 Å². The van der Waals surface area contributed by atoms with Crippen LogP contribution in [0.25, 0.3) is 0 Å². The van der Waals surface area contributed by atoms with Crippen LogP contribution in [0.1, 0.15) is 18.4 Å². The number of hydrogen-bond donors (Lipinski definition) is 2. The van der Waals surface area contributed by atoms with Gasteiger partial charge in [0.15, 0.2) is 5.82 Å². The largest absolute Gasteiger partial charge is 0.371 e. The minimum absolute atomic E-state index is 0.249. The summed E-state index contributed by atoms with van der Waals surface area (Å²) in [4.78, 5) is 9.24. The Kier molecular flexibility index (Phi) is 5.55. The normalized spacial score (nSPS) is 19.6. The first kappa shape index (κ1) is 20.2. The minimum atomic E-state index is -0.249. The van der Waals surface area contributed by atoms with Gasteiger partial charge in [-0.3, -0.25) is 4.99 Å². The molecule has 9 heteroatoms. The Morgan fingerprint density at radius 2 is 1.83 bits per heavy atom. The van der Waals surface area contributed by atoms with E-state index in [1.165, 1.54) is 0 Å². The monoisotopic (exact) mass is 433 g/mol. The number of benzene rings is 1. The van der Waals surface area contributed by atoms with E-state index in [1.807, 2.05) is 37.2 Å². The number of aliphatic imine (C=N–C) groups is 1. The molecule has 1 saturated heterocycles. The molecule has 0 aliphatic carbocycles. The molecule has 2 aliphatic rings. The number of rotatable bonds is 3. The number of piperidine rings is 1. The van der Waals surface area contributed by atoms with Gasteiger partial charge in [-0.05, 0) is 43.7 Å². The fourth-order valence-electron chi connectivity index (χ4n) is 3.74. The zero-order valence-electron chi connectivity index (χ0n) is 16.8. The molecule has 1 spiro atoms. The van der Waals surface area contributed by atoms with E-state index in [0.717, 1.165) is 54.5 Å². The molecule has 0 unspecified atom stereocenters. The SMILES string of the molecule is CN1CCC2(CC1)Nc1cc(Cl)c(Cl)cc1NC2=NCc1cnnc(N(C)C)c1. The van der Waals surface area contributed by atoms with Crippen LogP contribution in [0.2, 0.25) is 10.0 Å². The highest BCUT2D eigenvalue weighted by atomic mass is 35.5. The number of anilines is 3. The highest BCUT2D eigenvalue weighted by Gasteiger charge is 2.42. The molecule has 0 radical (unpaired) electrons. The van der Waals surface area contributed by atoms with Crippen molar-refractivity contribution in [2.45, 2.75) is 24.9 Å². The fourth-order valence-corrected chi connectivity index (χ4v) is 4.07. The second-order valence-corrected chi connectivity index (χ2v) is 8.74. The fraction of sp³-hybridized carbons (Fsp3) is 0.450. The van der Waals surface area contributed by atoms with Gasteiger partial charge in [0.2, 0.25) is 0 Å². The average Bonchev–Trinajstić information content (AvgIpc) is 2.70. The van der Waals surface area contributed by atoms with Gasteiger partial charge in [-0.25, -0.2) is 0 Å². The lowest BCUT2D eigenvalue weighted by atomic mass is 9.84. The van der Waals surface area contributed by atoms with Gasteiger partial charge in [0.25, 0.3) is 0 Å². The van der Waals surface area contributed by atoms with Crippen LogP contribution in [0.4, 0.5) is 17.2 Å². The van der Waals surface area contributed by atoms with Gasteiger partial charge in [0.05, 0.1) is 39.7 Å². The second kappa shape index (κ2) is 7.97. The van der Waals surface area contributed by atoms with Gasteiger partial charge in [-0.1, -0.05) is 23.2 Å². The quantitative estimate of drug-likeness (QED) is 0.767. The van der Waals surface area contributed by atoms with Crippen molar-refractivity contribution in [1.29, 1.82) is 0 Å². The summed E-state index contributed by atoms with van der Waals surface area (Å²) in [6.45, 7) is 2.51. The summed E-state index contributed by atoms with van der Waals surface area (Å²) in [6, 6.07) is 5.75. The molecule has 0 saturated carbocycles. The van der Waals surface area contributed by atoms with Crippen molar-refractivity contribution in [3.05, 3.63) is 40.0 Å². The number of aromatic nitrogens is 2. The zero-order chi connectivity index (χ0) is 20.6. The van der Waals surface area contributed by atoms with Crippen molar-refractivity contribution in [3.63, 3.8) is 0 Å². The van der Waals surface area contributed by atoms with E-state index in [-0.39, 0.29) is 5.54 Å². The molecule has 4 rings (SSSR count). The minimum Gasteiger partial charge on any atom is -0.371 e. The number of halogens is 2. The maximum Gasteiger partial charge on any atom is 0.151 e. The highest BCUT2D eigenvalue weighted by molar-refractivity contribution is 6.42. The van der Waals surface area contributed by atoms with Crippen LogP contribution in [-0.2, 0) is 6.54 Å². The lowest BCUT2D eigenvalue weighted by Crippen LogP contribution is -2.58. The zero-order valence-corrected chi connectivity index (χ0v) is 18.3. The third kappa shape index (κ3) is 4.13. The Bertz CT molecular complexity index is 936. The molecule has 29 heavy (non-hydrogen) atoms. The maximum atomic E-state index is 6.26. The van der Waals surface area contributed by atoms with E-state index in [9.17, 15) is 0 Å². The summed E-state index contributed by atoms with van der Waals surface area (Å²) >= 11 is 12.5. The topological polar surface area (TPSA) is 68.7 Å². The molecule has 0 amide bonds. The average molecular weight is 434 g/mol. The van der Waals surface area contributed by atoms with Crippen LogP contribution < -0.4 is 15.5 Å². The van der Waals surface area contributed by atoms with Crippen LogP contribution >= 0.6 is 23.2 Å². The van der Waals surface area contributed by atoms with Gasteiger partial charge in [-0.15, -0.1) is 5.10 Å². The predicted octanol–water partition coefficient (Wildman–Crippen LogP) is 3.75. The molecule has 1 fully saturated rings. The van der Waals surface area contributed by atoms with E-state index in [1.54, 1.807) is 6.20 Å². The Morgan fingerprint density at radius 3 is 2.52 bits per heavy atom. The van der Waals surface area contributed by atoms with E-state index in [0.29, 0.717) is 16.6 Å². The molecule has 7 nitrogen and oxygen atoms in total. The molecule has 1 aromatic carbocycles. The van der Waals surface area contributed by atoms with Crippen LogP contribution in [0.5, 0.6) is 0 Å². The van der Waals surface area contributed by atoms with Gasteiger partial charge >= 0.3 is 0 Å². The van der Waals surface area contributed by atoms with E-state index < -0.39 is 0 Å². The Labute approximate surface area is 181 Å². The molecule has 2 N–H and O–H groups in total. The molecule has 0 atom stereocenters. The first-order valence-electron chi connectivity index (χ1n) is 9.63. The number of amidine groups is 1. The first-order valence-corrected chi connectivity index (χ1v) is 10.4. The molecule has 2 aliphatic heterocycles. The van der Waals surface area contributed by atoms with Gasteiger partial charge in [0, 0.05) is 27.2 Å². The highest BCUT2D eigenvalue weighted by Crippen LogP contribution is 2.40. The number of hydrogen-bond acceptors (Lipinski definition) is 6. The molecule has 3 heterocycles. The third-order valence-corrected chi connectivity index (χ3v) is 6.28. The van der Waals surface area contributed by atoms with E-state index >= 15 is 0 Å². The lowest BCUT2D eigenvalue weighted by Gasteiger charge is -2.46. The third-order valence-electron chi connectivity index (χ3n) is 5.56. The van der Waals surface area contributed by atoms with Gasteiger partial charge in [-0.2, -0.15) is 5.10 Å². The number of nitrogens with zero attached hydrogens (tertiary/aromatic N) is 5. The van der Waals surface area contributed by atoms with Crippen LogP contribution in [0.3, 0.4) is 0 Å². The Morgan fingerprint density at radius 1 is 1.14 bits per heavy atom. The molecule has 2 aromatic rings. The van der Waals surface area contributed by atoms with Crippen molar-refractivity contribution >= 4 is 46.2 Å². The van der Waals surface area contributed by atoms with Crippen molar-refractivity contribution in [2.24, 2.45) is 4.99 Å². The smallest absolute Gasteiger partial charge is 0.151 e. The summed E-state index contributed by atoms with van der Waals surface area (Å²) in [6.07, 6.45) is 3.67. The van der Waals surface area contributed by atoms with Crippen LogP contribution in [-0.4, -0.2) is 60.7 Å². The first-order chi connectivity index (χ1) is 13.9. The van der Waals surface area contributed by atoms with Gasteiger partial charge in [0.1, 0.15) is 5.84 Å². The summed E-state index contributed by atoms with van der Waals surface area (Å²) < 4.78 is 0. The molecule has 154 valence electrons. The van der Waals surface area contributed by atoms with Crippen molar-refractivity contribution < 1.29 is 0 Å². The van der Waals surface area contributed by atoms with Gasteiger partial charge < -0.3 is 20.4 Å². The molecular formula is C20H25Cl2N7.